The normalized spacial score (nSPS) is 15.7. The van der Waals surface area contributed by atoms with Crippen LogP contribution in [0.2, 0.25) is 0 Å². The fourth-order valence-corrected chi connectivity index (χ4v) is 6.78. The van der Waals surface area contributed by atoms with Crippen LogP contribution in [0.3, 0.4) is 0 Å². The van der Waals surface area contributed by atoms with Gasteiger partial charge in [0.05, 0.1) is 12.8 Å². The fraction of sp³-hybridized carbons (Fsp3) is 0.125. The first-order chi connectivity index (χ1) is 21.8. The van der Waals surface area contributed by atoms with Crippen molar-refractivity contribution >= 4 is 90.6 Å². The highest BCUT2D eigenvalue weighted by molar-refractivity contribution is 6.41. The molecule has 2 aliphatic rings. The van der Waals surface area contributed by atoms with Crippen molar-refractivity contribution in [3.05, 3.63) is 70.8 Å². The molecule has 0 spiro atoms. The van der Waals surface area contributed by atoms with Crippen LogP contribution in [0.25, 0.3) is 43.1 Å². The lowest BCUT2D eigenvalue weighted by Gasteiger charge is -2.33. The topological polar surface area (TPSA) is 224 Å². The van der Waals surface area contributed by atoms with Gasteiger partial charge in [-0.1, -0.05) is 24.3 Å². The Balaban J connectivity index is 1.49. The highest BCUT2D eigenvalue weighted by Gasteiger charge is 2.44. The van der Waals surface area contributed by atoms with E-state index in [0.717, 1.165) is 0 Å². The Morgan fingerprint density at radius 3 is 0.935 bits per heavy atom. The largest absolute Gasteiger partial charge is 0.481 e. The van der Waals surface area contributed by atoms with Gasteiger partial charge >= 0.3 is 23.9 Å². The molecule has 2 atom stereocenters. The standard InChI is InChI=1S/C32H18N2O12/c35-21(36)9-19(31(43)44)33-27(39)15-5-1-11-12-2-6-17-26-18(30(42)34(29(17)41)20(32(45)46)10-22(37)38)8-4-14(24(12)26)13-3-7-16(28(33)40)25(15)23(11)13/h1-8,19-20H,9-10H2,(H,35,36)(H,37,38)(H,43,44)(H,45,46). The van der Waals surface area contributed by atoms with Gasteiger partial charge in [0.25, 0.3) is 23.6 Å². The number of carboxylic acids is 4. The predicted molar refractivity (Wildman–Crippen MR) is 156 cm³/mol. The second kappa shape index (κ2) is 9.53. The van der Waals surface area contributed by atoms with Crippen molar-refractivity contribution in [2.75, 3.05) is 0 Å². The number of aliphatic carboxylic acids is 4. The van der Waals surface area contributed by atoms with E-state index in [0.29, 0.717) is 42.1 Å². The van der Waals surface area contributed by atoms with E-state index in [1.807, 2.05) is 0 Å². The molecule has 0 aromatic heterocycles. The molecule has 228 valence electrons. The van der Waals surface area contributed by atoms with Gasteiger partial charge in [-0.05, 0) is 56.6 Å². The number of hydrogen-bond acceptors (Lipinski definition) is 8. The molecule has 2 unspecified atom stereocenters. The number of carboxylic acid groups (broad SMARTS) is 4. The molecule has 2 heterocycles. The molecule has 14 heteroatoms. The Bertz CT molecular complexity index is 2060. The maximum absolute atomic E-state index is 13.6. The highest BCUT2D eigenvalue weighted by atomic mass is 16.4. The average Bonchev–Trinajstić information content (AvgIpc) is 3.00. The van der Waals surface area contributed by atoms with Crippen molar-refractivity contribution in [3.63, 3.8) is 0 Å². The number of nitrogens with zero attached hydrogens (tertiary/aromatic N) is 2. The summed E-state index contributed by atoms with van der Waals surface area (Å²) in [4.78, 5) is 102. The molecule has 0 bridgehead atoms. The summed E-state index contributed by atoms with van der Waals surface area (Å²) < 4.78 is 0. The molecular formula is C32H18N2O12. The molecule has 0 aliphatic carbocycles. The molecule has 4 N–H and O–H groups in total. The maximum Gasteiger partial charge on any atom is 0.327 e. The predicted octanol–water partition coefficient (Wildman–Crippen LogP) is 2.79. The minimum atomic E-state index is -1.95. The zero-order chi connectivity index (χ0) is 32.9. The molecule has 14 nitrogen and oxygen atoms in total. The van der Waals surface area contributed by atoms with Gasteiger partial charge in [0.2, 0.25) is 0 Å². The number of rotatable bonds is 8. The van der Waals surface area contributed by atoms with Crippen LogP contribution >= 0.6 is 0 Å². The van der Waals surface area contributed by atoms with E-state index >= 15 is 0 Å². The fourth-order valence-electron chi connectivity index (χ4n) is 6.78. The summed E-state index contributed by atoms with van der Waals surface area (Å²) in [7, 11) is 0. The van der Waals surface area contributed by atoms with E-state index in [1.54, 1.807) is 24.3 Å². The smallest absolute Gasteiger partial charge is 0.327 e. The van der Waals surface area contributed by atoms with Crippen LogP contribution in [0.4, 0.5) is 0 Å². The molecule has 0 saturated carbocycles. The molecular weight excluding hydrogens is 604 g/mol. The molecule has 0 radical (unpaired) electrons. The third kappa shape index (κ3) is 3.63. The van der Waals surface area contributed by atoms with E-state index in [2.05, 4.69) is 0 Å². The Morgan fingerprint density at radius 1 is 0.457 bits per heavy atom. The number of imide groups is 2. The van der Waals surface area contributed by atoms with Gasteiger partial charge in [-0.2, -0.15) is 0 Å². The highest BCUT2D eigenvalue weighted by Crippen LogP contribution is 2.46. The number of fused-ring (bicyclic) bond motifs is 2. The van der Waals surface area contributed by atoms with Crippen molar-refractivity contribution in [3.8, 4) is 0 Å². The van der Waals surface area contributed by atoms with Gasteiger partial charge in [-0.3, -0.25) is 38.6 Å². The van der Waals surface area contributed by atoms with Crippen molar-refractivity contribution in [1.29, 1.82) is 0 Å². The van der Waals surface area contributed by atoms with Gasteiger partial charge in [0, 0.05) is 33.0 Å². The monoisotopic (exact) mass is 622 g/mol. The molecule has 46 heavy (non-hydrogen) atoms. The Kier molecular flexibility index (Phi) is 5.87. The van der Waals surface area contributed by atoms with E-state index in [4.69, 9.17) is 0 Å². The third-order valence-corrected chi connectivity index (χ3v) is 8.63. The van der Waals surface area contributed by atoms with Crippen molar-refractivity contribution in [1.82, 2.24) is 9.80 Å². The molecule has 2 aliphatic heterocycles. The van der Waals surface area contributed by atoms with Crippen LogP contribution in [0.15, 0.2) is 48.5 Å². The molecule has 5 aromatic rings. The van der Waals surface area contributed by atoms with E-state index in [9.17, 15) is 58.8 Å². The van der Waals surface area contributed by atoms with Crippen LogP contribution in [-0.4, -0.2) is 89.8 Å². The lowest BCUT2D eigenvalue weighted by Crippen LogP contribution is -2.51. The van der Waals surface area contributed by atoms with Crippen LogP contribution in [0, 0.1) is 0 Å². The first-order valence-electron chi connectivity index (χ1n) is 13.7. The molecule has 0 saturated heterocycles. The molecule has 7 rings (SSSR count). The lowest BCUT2D eigenvalue weighted by atomic mass is 9.82. The van der Waals surface area contributed by atoms with Gasteiger partial charge in [-0.15, -0.1) is 0 Å². The number of benzene rings is 5. The summed E-state index contributed by atoms with van der Waals surface area (Å²) in [6.07, 6.45) is -2.00. The lowest BCUT2D eigenvalue weighted by molar-refractivity contribution is -0.148. The van der Waals surface area contributed by atoms with Crippen molar-refractivity contribution in [2.45, 2.75) is 24.9 Å². The van der Waals surface area contributed by atoms with Gasteiger partial charge in [0.1, 0.15) is 12.1 Å². The van der Waals surface area contributed by atoms with Crippen LogP contribution in [-0.2, 0) is 19.2 Å². The second-order valence-corrected chi connectivity index (χ2v) is 11.0. The van der Waals surface area contributed by atoms with Crippen LogP contribution in [0.1, 0.15) is 54.3 Å². The summed E-state index contributed by atoms with van der Waals surface area (Å²) in [5, 5.41) is 41.4. The molecule has 5 aromatic carbocycles. The summed E-state index contributed by atoms with van der Waals surface area (Å²) in [5.74, 6) is -10.2. The summed E-state index contributed by atoms with van der Waals surface area (Å²) >= 11 is 0. The van der Waals surface area contributed by atoms with E-state index < -0.39 is 72.4 Å². The van der Waals surface area contributed by atoms with Gasteiger partial charge < -0.3 is 20.4 Å². The minimum absolute atomic E-state index is 0.0139. The van der Waals surface area contributed by atoms with E-state index in [1.165, 1.54) is 24.3 Å². The number of amides is 4. The molecule has 0 fully saturated rings. The SMILES string of the molecule is O=C(O)CC(C(=O)O)N1C(=O)c2ccc3c4ccc5c6c(ccc(c7ccc(c2c37)C1=O)c64)C(=O)N(C(CC(=O)O)C(=O)O)C5=O. The Morgan fingerprint density at radius 2 is 0.717 bits per heavy atom. The summed E-state index contributed by atoms with van der Waals surface area (Å²) in [5.41, 5.74) is -0.0554. The number of carbonyl (C=O) groups is 8. The van der Waals surface area contributed by atoms with E-state index in [-0.39, 0.29) is 33.0 Å². The minimum Gasteiger partial charge on any atom is -0.481 e. The Hall–Kier alpha value is -6.44. The number of hydrogen-bond donors (Lipinski definition) is 4. The third-order valence-electron chi connectivity index (χ3n) is 8.63. The average molecular weight is 622 g/mol. The van der Waals surface area contributed by atoms with Gasteiger partial charge in [-0.25, -0.2) is 9.59 Å². The van der Waals surface area contributed by atoms with Crippen LogP contribution in [0.5, 0.6) is 0 Å². The summed E-state index contributed by atoms with van der Waals surface area (Å²) in [6, 6.07) is 7.98. The van der Waals surface area contributed by atoms with Crippen molar-refractivity contribution in [2.24, 2.45) is 0 Å². The first-order valence-corrected chi connectivity index (χ1v) is 13.7. The molecule has 4 amide bonds. The second-order valence-electron chi connectivity index (χ2n) is 11.0. The zero-order valence-corrected chi connectivity index (χ0v) is 23.1. The summed E-state index contributed by atoms with van der Waals surface area (Å²) in [6.45, 7) is 0. The number of carbonyl (C=O) groups excluding carboxylic acids is 4. The van der Waals surface area contributed by atoms with Crippen LogP contribution < -0.4 is 0 Å². The van der Waals surface area contributed by atoms with Crippen molar-refractivity contribution < 1.29 is 58.8 Å². The quantitative estimate of drug-likeness (QED) is 0.111. The van der Waals surface area contributed by atoms with Gasteiger partial charge in [0.15, 0.2) is 0 Å². The maximum atomic E-state index is 13.6. The Labute approximate surface area is 254 Å². The first kappa shape index (κ1) is 28.3. The zero-order valence-electron chi connectivity index (χ0n) is 23.1.